The van der Waals surface area contributed by atoms with E-state index < -0.39 is 0 Å². The molecule has 0 unspecified atom stereocenters. The lowest BCUT2D eigenvalue weighted by Crippen LogP contribution is -2.33. The van der Waals surface area contributed by atoms with Gasteiger partial charge >= 0.3 is 6.03 Å². The van der Waals surface area contributed by atoms with Gasteiger partial charge in [0.1, 0.15) is 0 Å². The Morgan fingerprint density at radius 1 is 1.45 bits per heavy atom. The molecule has 4 nitrogen and oxygen atoms in total. The maximum absolute atomic E-state index is 11.9. The van der Waals surface area contributed by atoms with Crippen molar-refractivity contribution in [3.8, 4) is 0 Å². The zero-order chi connectivity index (χ0) is 15.1. The van der Waals surface area contributed by atoms with Gasteiger partial charge in [0.25, 0.3) is 0 Å². The summed E-state index contributed by atoms with van der Waals surface area (Å²) in [6, 6.07) is 5.77. The molecule has 1 rings (SSSR count). The summed E-state index contributed by atoms with van der Waals surface area (Å²) in [5.41, 5.74) is 3.18. The number of aliphatic hydroxyl groups excluding tert-OH is 1. The highest BCUT2D eigenvalue weighted by atomic mass is 32.2. The summed E-state index contributed by atoms with van der Waals surface area (Å²) in [4.78, 5) is 13.4. The van der Waals surface area contributed by atoms with E-state index in [1.165, 1.54) is 10.5 Å². The zero-order valence-corrected chi connectivity index (χ0v) is 13.5. The van der Waals surface area contributed by atoms with Crippen molar-refractivity contribution in [2.45, 2.75) is 31.8 Å². The Kier molecular flexibility index (Phi) is 6.88. The third kappa shape index (κ3) is 5.06. The number of thioether (sulfide) groups is 1. The first-order valence-electron chi connectivity index (χ1n) is 6.78. The van der Waals surface area contributed by atoms with Crippen LogP contribution >= 0.6 is 11.8 Å². The van der Waals surface area contributed by atoms with Crippen LogP contribution in [0.25, 0.3) is 0 Å². The van der Waals surface area contributed by atoms with Gasteiger partial charge in [0.05, 0.1) is 6.61 Å². The van der Waals surface area contributed by atoms with Crippen LogP contribution in [0.1, 0.15) is 25.0 Å². The fourth-order valence-electron chi connectivity index (χ4n) is 1.69. The van der Waals surface area contributed by atoms with Crippen molar-refractivity contribution in [3.63, 3.8) is 0 Å². The molecule has 0 saturated carbocycles. The second kappa shape index (κ2) is 8.17. The number of nitrogens with zero attached hydrogens (tertiary/aromatic N) is 1. The maximum Gasteiger partial charge on any atom is 0.321 e. The van der Waals surface area contributed by atoms with Gasteiger partial charge in [-0.15, -0.1) is 0 Å². The summed E-state index contributed by atoms with van der Waals surface area (Å²) >= 11 is 1.88. The standard InChI is InChI=1S/C15H24N2O2S/c1-11(2)20-10-13-6-5-7-14(12(13)3)16-15(19)17(4)8-9-18/h5-7,11,18H,8-10H2,1-4H3,(H,16,19). The molecule has 20 heavy (non-hydrogen) atoms. The average molecular weight is 296 g/mol. The fourth-order valence-corrected chi connectivity index (χ4v) is 2.52. The number of nitrogens with one attached hydrogen (secondary N) is 1. The van der Waals surface area contributed by atoms with Crippen molar-refractivity contribution in [1.29, 1.82) is 0 Å². The van der Waals surface area contributed by atoms with Crippen molar-refractivity contribution >= 4 is 23.5 Å². The topological polar surface area (TPSA) is 52.6 Å². The highest BCUT2D eigenvalue weighted by molar-refractivity contribution is 7.99. The van der Waals surface area contributed by atoms with Crippen LogP contribution in [0, 0.1) is 6.92 Å². The number of carbonyl (C=O) groups is 1. The Balaban J connectivity index is 2.76. The van der Waals surface area contributed by atoms with Gasteiger partial charge in [-0.3, -0.25) is 0 Å². The number of urea groups is 1. The Labute approximate surface area is 125 Å². The summed E-state index contributed by atoms with van der Waals surface area (Å²) in [6.07, 6.45) is 0. The molecule has 0 fully saturated rings. The number of hydrogen-bond acceptors (Lipinski definition) is 3. The summed E-state index contributed by atoms with van der Waals surface area (Å²) in [5.74, 6) is 0.944. The van der Waals surface area contributed by atoms with Crippen molar-refractivity contribution < 1.29 is 9.90 Å². The number of anilines is 1. The van der Waals surface area contributed by atoms with E-state index in [9.17, 15) is 4.79 Å². The normalized spacial score (nSPS) is 10.7. The number of likely N-dealkylation sites (N-methyl/N-ethyl adjacent to an activating group) is 1. The number of hydrogen-bond donors (Lipinski definition) is 2. The van der Waals surface area contributed by atoms with Gasteiger partial charge in [-0.1, -0.05) is 26.0 Å². The molecule has 0 aromatic heterocycles. The minimum absolute atomic E-state index is 0.0338. The van der Waals surface area contributed by atoms with E-state index in [2.05, 4.69) is 25.2 Å². The van der Waals surface area contributed by atoms with E-state index in [1.807, 2.05) is 30.8 Å². The minimum Gasteiger partial charge on any atom is -0.395 e. The number of aliphatic hydroxyl groups is 1. The second-order valence-corrected chi connectivity index (χ2v) is 6.59. The third-order valence-corrected chi connectivity index (χ3v) is 4.19. The van der Waals surface area contributed by atoms with Gasteiger partial charge in [-0.05, 0) is 29.4 Å². The van der Waals surface area contributed by atoms with Crippen LogP contribution in [0.3, 0.4) is 0 Å². The summed E-state index contributed by atoms with van der Waals surface area (Å²) in [6.45, 7) is 6.67. The number of amides is 2. The molecule has 0 saturated heterocycles. The van der Waals surface area contributed by atoms with Gasteiger partial charge in [0.15, 0.2) is 0 Å². The first-order chi connectivity index (χ1) is 9.45. The van der Waals surface area contributed by atoms with Crippen LogP contribution in [0.15, 0.2) is 18.2 Å². The maximum atomic E-state index is 11.9. The van der Waals surface area contributed by atoms with Crippen LogP contribution in [-0.4, -0.2) is 41.5 Å². The number of rotatable bonds is 6. The Morgan fingerprint density at radius 3 is 2.75 bits per heavy atom. The lowest BCUT2D eigenvalue weighted by atomic mass is 10.1. The molecular weight excluding hydrogens is 272 g/mol. The van der Waals surface area contributed by atoms with Gasteiger partial charge in [0, 0.05) is 25.0 Å². The molecule has 112 valence electrons. The van der Waals surface area contributed by atoms with Gasteiger partial charge in [-0.25, -0.2) is 4.79 Å². The number of benzene rings is 1. The second-order valence-electron chi connectivity index (χ2n) is 5.02. The zero-order valence-electron chi connectivity index (χ0n) is 12.6. The molecule has 1 aromatic carbocycles. The molecule has 0 bridgehead atoms. The molecular formula is C15H24N2O2S. The molecule has 0 atom stereocenters. The third-order valence-electron chi connectivity index (χ3n) is 3.04. The molecule has 0 radical (unpaired) electrons. The highest BCUT2D eigenvalue weighted by Crippen LogP contribution is 2.24. The van der Waals surface area contributed by atoms with E-state index >= 15 is 0 Å². The van der Waals surface area contributed by atoms with Crippen LogP contribution in [-0.2, 0) is 5.75 Å². The first-order valence-corrected chi connectivity index (χ1v) is 7.83. The fraction of sp³-hybridized carbons (Fsp3) is 0.533. The van der Waals surface area contributed by atoms with Crippen molar-refractivity contribution in [2.24, 2.45) is 0 Å². The molecule has 2 N–H and O–H groups in total. The predicted molar refractivity (Wildman–Crippen MR) is 86.3 cm³/mol. The smallest absolute Gasteiger partial charge is 0.321 e. The monoisotopic (exact) mass is 296 g/mol. The van der Waals surface area contributed by atoms with Crippen LogP contribution in [0.5, 0.6) is 0 Å². The highest BCUT2D eigenvalue weighted by Gasteiger charge is 2.11. The van der Waals surface area contributed by atoms with Crippen molar-refractivity contribution in [2.75, 3.05) is 25.5 Å². The van der Waals surface area contributed by atoms with Crippen LogP contribution in [0.2, 0.25) is 0 Å². The molecule has 5 heteroatoms. The van der Waals surface area contributed by atoms with E-state index in [4.69, 9.17) is 5.11 Å². The molecule has 1 aromatic rings. The molecule has 0 aliphatic rings. The summed E-state index contributed by atoms with van der Waals surface area (Å²) in [7, 11) is 1.67. The Bertz CT molecular complexity index is 449. The lowest BCUT2D eigenvalue weighted by molar-refractivity contribution is 0.202. The van der Waals surface area contributed by atoms with Crippen molar-refractivity contribution in [3.05, 3.63) is 29.3 Å². The molecule has 0 aliphatic heterocycles. The number of carbonyl (C=O) groups excluding carboxylic acids is 1. The largest absolute Gasteiger partial charge is 0.395 e. The first kappa shape index (κ1) is 16.9. The summed E-state index contributed by atoms with van der Waals surface area (Å²) in [5, 5.41) is 12.3. The van der Waals surface area contributed by atoms with E-state index in [0.717, 1.165) is 17.0 Å². The minimum atomic E-state index is -0.198. The Hall–Kier alpha value is -1.20. The SMILES string of the molecule is Cc1c(CSC(C)C)cccc1NC(=O)N(C)CCO. The predicted octanol–water partition coefficient (Wildman–Crippen LogP) is 3.09. The van der Waals surface area contributed by atoms with Gasteiger partial charge in [0.2, 0.25) is 0 Å². The molecule has 0 aliphatic carbocycles. The van der Waals surface area contributed by atoms with Crippen LogP contribution in [0.4, 0.5) is 10.5 Å². The lowest BCUT2D eigenvalue weighted by Gasteiger charge is -2.18. The Morgan fingerprint density at radius 2 is 2.15 bits per heavy atom. The summed E-state index contributed by atoms with van der Waals surface area (Å²) < 4.78 is 0. The quantitative estimate of drug-likeness (QED) is 0.848. The van der Waals surface area contributed by atoms with Crippen molar-refractivity contribution in [1.82, 2.24) is 4.90 Å². The van der Waals surface area contributed by atoms with E-state index in [1.54, 1.807) is 7.05 Å². The molecule has 2 amide bonds. The average Bonchev–Trinajstić information content (AvgIpc) is 2.39. The van der Waals surface area contributed by atoms with Gasteiger partial charge < -0.3 is 15.3 Å². The van der Waals surface area contributed by atoms with Crippen LogP contribution < -0.4 is 5.32 Å². The molecule has 0 heterocycles. The molecule has 0 spiro atoms. The van der Waals surface area contributed by atoms with E-state index in [0.29, 0.717) is 11.8 Å². The van der Waals surface area contributed by atoms with Gasteiger partial charge in [-0.2, -0.15) is 11.8 Å². The van der Waals surface area contributed by atoms with E-state index in [-0.39, 0.29) is 12.6 Å².